The molecule has 0 saturated heterocycles. The number of rotatable bonds is 3. The highest BCUT2D eigenvalue weighted by Gasteiger charge is 2.50. The van der Waals surface area contributed by atoms with E-state index in [2.05, 4.69) is 0 Å². The van der Waals surface area contributed by atoms with Crippen LogP contribution in [0.25, 0.3) is 16.7 Å². The number of benzene rings is 3. The van der Waals surface area contributed by atoms with E-state index in [4.69, 9.17) is 11.7 Å². The zero-order valence-electron chi connectivity index (χ0n) is 26.1. The lowest BCUT2D eigenvalue weighted by molar-refractivity contribution is -0.148. The molecule has 3 aromatic rings. The molecular formula is C35H3F15N6. The summed E-state index contributed by atoms with van der Waals surface area (Å²) in [6.07, 6.45) is -13.5. The van der Waals surface area contributed by atoms with Crippen LogP contribution in [-0.4, -0.2) is 0 Å². The summed E-state index contributed by atoms with van der Waals surface area (Å²) < 4.78 is 219. The topological polar surface area (TPSA) is 143 Å². The van der Waals surface area contributed by atoms with Crippen molar-refractivity contribution in [2.45, 2.75) is 18.5 Å². The smallest absolute Gasteiger partial charge is 0.205 e. The lowest BCUT2D eigenvalue weighted by Gasteiger charge is -2.21. The number of terminal acetylenes is 1. The molecule has 0 aliphatic heterocycles. The third-order valence-electron chi connectivity index (χ3n) is 7.72. The van der Waals surface area contributed by atoms with Crippen molar-refractivity contribution < 1.29 is 65.9 Å². The minimum Gasteiger partial charge on any atom is -0.205 e. The van der Waals surface area contributed by atoms with Gasteiger partial charge < -0.3 is 0 Å². The predicted molar refractivity (Wildman–Crippen MR) is 154 cm³/mol. The van der Waals surface area contributed by atoms with Crippen molar-refractivity contribution in [3.05, 3.63) is 119 Å². The van der Waals surface area contributed by atoms with Gasteiger partial charge in [0.1, 0.15) is 53.1 Å². The van der Waals surface area contributed by atoms with E-state index in [1.807, 2.05) is 0 Å². The Labute approximate surface area is 301 Å². The molecule has 4 rings (SSSR count). The van der Waals surface area contributed by atoms with Gasteiger partial charge in [-0.3, -0.25) is 0 Å². The second kappa shape index (κ2) is 14.0. The van der Waals surface area contributed by atoms with Crippen LogP contribution in [0.2, 0.25) is 0 Å². The summed E-state index contributed by atoms with van der Waals surface area (Å²) in [6.45, 7) is 0. The Kier molecular flexibility index (Phi) is 10.2. The highest BCUT2D eigenvalue weighted by atomic mass is 19.4. The van der Waals surface area contributed by atoms with Gasteiger partial charge in [-0.1, -0.05) is 5.92 Å². The van der Waals surface area contributed by atoms with Crippen LogP contribution in [0.5, 0.6) is 0 Å². The fourth-order valence-electron chi connectivity index (χ4n) is 5.38. The lowest BCUT2D eigenvalue weighted by Crippen LogP contribution is -2.19. The number of allylic oxidation sites excluding steroid dienone is 6. The van der Waals surface area contributed by atoms with E-state index < -0.39 is 155 Å². The highest BCUT2D eigenvalue weighted by molar-refractivity contribution is 6.12. The summed E-state index contributed by atoms with van der Waals surface area (Å²) in [6, 6.07) is 3.61. The minimum atomic E-state index is -6.26. The van der Waals surface area contributed by atoms with Crippen LogP contribution in [0.1, 0.15) is 55.6 Å². The molecule has 0 aromatic heterocycles. The molecule has 6 nitrogen and oxygen atoms in total. The van der Waals surface area contributed by atoms with Gasteiger partial charge in [0.15, 0.2) is 34.9 Å². The first-order valence-corrected chi connectivity index (χ1v) is 13.9. The van der Waals surface area contributed by atoms with Crippen molar-refractivity contribution in [1.29, 1.82) is 31.6 Å². The highest BCUT2D eigenvalue weighted by Crippen LogP contribution is 2.59. The molecule has 0 unspecified atom stereocenters. The second-order valence-electron chi connectivity index (χ2n) is 10.6. The quantitative estimate of drug-likeness (QED) is 0.112. The molecule has 0 heterocycles. The van der Waals surface area contributed by atoms with Gasteiger partial charge in [0.05, 0.1) is 50.1 Å². The van der Waals surface area contributed by atoms with E-state index >= 15 is 22.0 Å². The van der Waals surface area contributed by atoms with Crippen LogP contribution in [0, 0.1) is 115 Å². The van der Waals surface area contributed by atoms with Crippen molar-refractivity contribution in [2.24, 2.45) is 0 Å². The van der Waals surface area contributed by atoms with Gasteiger partial charge in [-0.15, -0.1) is 6.42 Å². The molecule has 0 bridgehead atoms. The average molecular weight is 792 g/mol. The Morgan fingerprint density at radius 2 is 0.732 bits per heavy atom. The van der Waals surface area contributed by atoms with Gasteiger partial charge in [0.2, 0.25) is 0 Å². The zero-order chi connectivity index (χ0) is 42.6. The molecule has 0 atom stereocenters. The molecule has 21 heteroatoms. The molecule has 1 saturated carbocycles. The molecular weight excluding hydrogens is 789 g/mol. The van der Waals surface area contributed by atoms with E-state index in [0.29, 0.717) is 0 Å². The van der Waals surface area contributed by atoms with E-state index in [1.165, 1.54) is 5.92 Å². The van der Waals surface area contributed by atoms with Gasteiger partial charge in [-0.2, -0.15) is 71.1 Å². The monoisotopic (exact) mass is 792 g/mol. The Bertz CT molecular complexity index is 2570. The van der Waals surface area contributed by atoms with Gasteiger partial charge in [-0.05, 0) is 12.1 Å². The molecule has 0 radical (unpaired) electrons. The first kappa shape index (κ1) is 41.1. The molecule has 1 aliphatic carbocycles. The number of nitrogens with zero attached hydrogens (tertiary/aromatic N) is 6. The zero-order valence-corrected chi connectivity index (χ0v) is 26.1. The maximum Gasteiger partial charge on any atom is 0.417 e. The summed E-state index contributed by atoms with van der Waals surface area (Å²) in [7, 11) is 0. The molecule has 0 amide bonds. The molecule has 3 aromatic carbocycles. The normalized spacial score (nSPS) is 15.2. The van der Waals surface area contributed by atoms with Crippen LogP contribution in [0.4, 0.5) is 65.9 Å². The number of hydrogen-bond acceptors (Lipinski definition) is 6. The summed E-state index contributed by atoms with van der Waals surface area (Å²) in [4.78, 5) is 0. The van der Waals surface area contributed by atoms with Crippen LogP contribution in [0.15, 0.2) is 28.9 Å². The first-order chi connectivity index (χ1) is 25.9. The summed E-state index contributed by atoms with van der Waals surface area (Å²) >= 11 is 0. The number of halogens is 15. The standard InChI is InChI=1S/C35H3F15N6/c1-2-12-13(5-51)27(36)25(31(40)29(12)38)17(9-55)23-22(24(23)18(10-56)26-28(37)14(6-52)15(7-53)30(39)32(26)41)16(8-54)21-19(34(45,46)47)3-11(33(42,43)44)4-20(21)35(48,49)50/h1,3-4H/b22-16?,23-17+,24-18-. The molecule has 1 fully saturated rings. The van der Waals surface area contributed by atoms with Gasteiger partial charge in [0.25, 0.3) is 0 Å². The Morgan fingerprint density at radius 1 is 0.429 bits per heavy atom. The van der Waals surface area contributed by atoms with Gasteiger partial charge >= 0.3 is 18.5 Å². The fraction of sp³-hybridized carbons (Fsp3) is 0.0857. The van der Waals surface area contributed by atoms with Crippen molar-refractivity contribution in [1.82, 2.24) is 0 Å². The summed E-state index contributed by atoms with van der Waals surface area (Å²) in [5.41, 5.74) is -32.2. The predicted octanol–water partition coefficient (Wildman–Crippen LogP) is 9.42. The van der Waals surface area contributed by atoms with E-state index in [-0.39, 0.29) is 0 Å². The van der Waals surface area contributed by atoms with Crippen molar-refractivity contribution in [3.8, 4) is 48.8 Å². The first-order valence-electron chi connectivity index (χ1n) is 13.9. The van der Waals surface area contributed by atoms with Gasteiger partial charge in [0, 0.05) is 22.3 Å². The Hall–Kier alpha value is -7.67. The van der Waals surface area contributed by atoms with Crippen LogP contribution in [-0.2, 0) is 18.5 Å². The summed E-state index contributed by atoms with van der Waals surface area (Å²) in [5.74, 6) is -13.0. The Morgan fingerprint density at radius 3 is 1.02 bits per heavy atom. The minimum absolute atomic E-state index is 0.761. The number of nitriles is 6. The van der Waals surface area contributed by atoms with Crippen LogP contribution >= 0.6 is 0 Å². The van der Waals surface area contributed by atoms with E-state index in [1.54, 1.807) is 0 Å². The van der Waals surface area contributed by atoms with E-state index in [0.717, 1.165) is 36.4 Å². The van der Waals surface area contributed by atoms with Crippen molar-refractivity contribution in [3.63, 3.8) is 0 Å². The maximum atomic E-state index is 15.7. The van der Waals surface area contributed by atoms with Crippen LogP contribution in [0.3, 0.4) is 0 Å². The lowest BCUT2D eigenvalue weighted by atomic mass is 9.90. The average Bonchev–Trinajstić information content (AvgIpc) is 3.83. The Balaban J connectivity index is 2.50. The van der Waals surface area contributed by atoms with Crippen molar-refractivity contribution >= 4 is 16.7 Å². The number of alkyl halides is 9. The molecule has 278 valence electrons. The molecule has 0 N–H and O–H groups in total. The largest absolute Gasteiger partial charge is 0.417 e. The number of hydrogen-bond donors (Lipinski definition) is 0. The third-order valence-corrected chi connectivity index (χ3v) is 7.72. The third kappa shape index (κ3) is 6.36. The SMILES string of the molecule is C#Cc1c(F)c(F)c(/C(C#N)=C2\C(=C(C#N)c3c(C(F)(F)F)cc(C(F)(F)F)cc3C(F)(F)F)\C2=C(/C#N)c2c(F)c(F)c(C#N)c(C#N)c2F)c(F)c1C#N. The van der Waals surface area contributed by atoms with Crippen molar-refractivity contribution in [2.75, 3.05) is 0 Å². The second-order valence-corrected chi connectivity index (χ2v) is 10.6. The van der Waals surface area contributed by atoms with Gasteiger partial charge in [-0.25, -0.2) is 26.3 Å². The van der Waals surface area contributed by atoms with E-state index in [9.17, 15) is 70.2 Å². The molecule has 1 aliphatic rings. The molecule has 56 heavy (non-hydrogen) atoms. The summed E-state index contributed by atoms with van der Waals surface area (Å²) in [5, 5.41) is 57.9. The van der Waals surface area contributed by atoms with Crippen LogP contribution < -0.4 is 0 Å². The maximum absolute atomic E-state index is 15.7. The molecule has 0 spiro atoms. The fourth-order valence-corrected chi connectivity index (χ4v) is 5.38.